The van der Waals surface area contributed by atoms with Gasteiger partial charge in [-0.1, -0.05) is 0 Å². The van der Waals surface area contributed by atoms with E-state index in [1.54, 1.807) is 0 Å². The first-order chi connectivity index (χ1) is 7.42. The molecule has 0 aliphatic carbocycles. The highest BCUT2D eigenvalue weighted by Gasteiger charge is 2.19. The topological polar surface area (TPSA) is 29.9 Å². The molecule has 0 bridgehead atoms. The molecule has 1 aromatic heterocycles. The minimum Gasteiger partial charge on any atom is -0.333 e. The molecule has 1 fully saturated rings. The van der Waals surface area contributed by atoms with Crippen molar-refractivity contribution >= 4 is 11.8 Å². The summed E-state index contributed by atoms with van der Waals surface area (Å²) < 4.78 is 2.30. The largest absolute Gasteiger partial charge is 0.333 e. The summed E-state index contributed by atoms with van der Waals surface area (Å²) >= 11 is 1.91. The summed E-state index contributed by atoms with van der Waals surface area (Å²) in [5.74, 6) is 1.23. The van der Waals surface area contributed by atoms with Crippen molar-refractivity contribution < 1.29 is 0 Å². The second-order valence-electron chi connectivity index (χ2n) is 4.01. The van der Waals surface area contributed by atoms with E-state index in [9.17, 15) is 0 Å². The summed E-state index contributed by atoms with van der Waals surface area (Å²) in [7, 11) is 0. The van der Waals surface area contributed by atoms with Crippen LogP contribution in [0.2, 0.25) is 0 Å². The van der Waals surface area contributed by atoms with Crippen molar-refractivity contribution in [1.29, 1.82) is 0 Å². The standard InChI is InChI=1S/C11H19N3S/c1-15-7-3-6-14-9-12-8-11(14)10-4-2-5-13-10/h8-10,13H,2-7H2,1H3. The van der Waals surface area contributed by atoms with E-state index in [4.69, 9.17) is 0 Å². The molecule has 0 saturated carbocycles. The van der Waals surface area contributed by atoms with Crippen molar-refractivity contribution in [2.75, 3.05) is 18.6 Å². The van der Waals surface area contributed by atoms with Crippen molar-refractivity contribution in [3.8, 4) is 0 Å². The van der Waals surface area contributed by atoms with Gasteiger partial charge in [-0.05, 0) is 37.8 Å². The lowest BCUT2D eigenvalue weighted by Gasteiger charge is -2.13. The molecular formula is C11H19N3S. The molecule has 1 atom stereocenters. The van der Waals surface area contributed by atoms with Crippen LogP contribution in [-0.4, -0.2) is 28.1 Å². The predicted octanol–water partition coefficient (Wildman–Crippen LogP) is 2.06. The summed E-state index contributed by atoms with van der Waals surface area (Å²) in [6.07, 6.45) is 9.93. The molecular weight excluding hydrogens is 206 g/mol. The molecule has 0 amide bonds. The second kappa shape index (κ2) is 5.56. The Morgan fingerprint density at radius 2 is 2.60 bits per heavy atom. The Labute approximate surface area is 95.7 Å². The Morgan fingerprint density at radius 1 is 1.67 bits per heavy atom. The molecule has 1 aromatic rings. The molecule has 2 rings (SSSR count). The van der Waals surface area contributed by atoms with E-state index in [0.29, 0.717) is 6.04 Å². The van der Waals surface area contributed by atoms with Gasteiger partial charge in [0, 0.05) is 18.8 Å². The Bertz CT molecular complexity index is 292. The second-order valence-corrected chi connectivity index (χ2v) is 4.99. The molecule has 1 saturated heterocycles. The maximum absolute atomic E-state index is 4.26. The van der Waals surface area contributed by atoms with Crippen LogP contribution in [0.15, 0.2) is 12.5 Å². The zero-order valence-electron chi connectivity index (χ0n) is 9.28. The van der Waals surface area contributed by atoms with Crippen LogP contribution in [0, 0.1) is 0 Å². The maximum atomic E-state index is 4.26. The van der Waals surface area contributed by atoms with E-state index >= 15 is 0 Å². The van der Waals surface area contributed by atoms with Gasteiger partial charge in [-0.2, -0.15) is 11.8 Å². The third kappa shape index (κ3) is 2.75. The molecule has 1 unspecified atom stereocenters. The fraction of sp³-hybridized carbons (Fsp3) is 0.727. The van der Waals surface area contributed by atoms with E-state index in [0.717, 1.165) is 13.1 Å². The number of hydrogen-bond acceptors (Lipinski definition) is 3. The lowest BCUT2D eigenvalue weighted by atomic mass is 10.2. The Hall–Kier alpha value is -0.480. The van der Waals surface area contributed by atoms with Crippen molar-refractivity contribution in [3.63, 3.8) is 0 Å². The van der Waals surface area contributed by atoms with E-state index < -0.39 is 0 Å². The maximum Gasteiger partial charge on any atom is 0.0948 e. The Kier molecular flexibility index (Phi) is 4.09. The summed E-state index contributed by atoms with van der Waals surface area (Å²) in [4.78, 5) is 4.26. The molecule has 84 valence electrons. The van der Waals surface area contributed by atoms with Gasteiger partial charge in [0.1, 0.15) is 0 Å². The van der Waals surface area contributed by atoms with Gasteiger partial charge in [0.2, 0.25) is 0 Å². The van der Waals surface area contributed by atoms with Gasteiger partial charge in [0.05, 0.1) is 12.0 Å². The molecule has 0 spiro atoms. The average Bonchev–Trinajstić information content (AvgIpc) is 2.87. The molecule has 1 aliphatic rings. The number of imidazole rings is 1. The van der Waals surface area contributed by atoms with Gasteiger partial charge in [-0.3, -0.25) is 0 Å². The summed E-state index contributed by atoms with van der Waals surface area (Å²) in [5.41, 5.74) is 1.37. The smallest absolute Gasteiger partial charge is 0.0948 e. The van der Waals surface area contributed by atoms with Gasteiger partial charge >= 0.3 is 0 Å². The summed E-state index contributed by atoms with van der Waals surface area (Å²) in [5, 5.41) is 3.52. The number of aryl methyl sites for hydroxylation is 1. The molecule has 0 aromatic carbocycles. The lowest BCUT2D eigenvalue weighted by Crippen LogP contribution is -2.17. The third-order valence-electron chi connectivity index (χ3n) is 2.91. The van der Waals surface area contributed by atoms with Crippen molar-refractivity contribution in [2.24, 2.45) is 0 Å². The van der Waals surface area contributed by atoms with Crippen LogP contribution in [0.3, 0.4) is 0 Å². The van der Waals surface area contributed by atoms with Crippen LogP contribution in [0.4, 0.5) is 0 Å². The van der Waals surface area contributed by atoms with Crippen LogP contribution in [0.5, 0.6) is 0 Å². The van der Waals surface area contributed by atoms with E-state index in [1.807, 2.05) is 24.3 Å². The molecule has 1 aliphatic heterocycles. The third-order valence-corrected chi connectivity index (χ3v) is 3.61. The normalized spacial score (nSPS) is 21.0. The minimum absolute atomic E-state index is 0.543. The van der Waals surface area contributed by atoms with E-state index in [1.165, 1.54) is 30.7 Å². The van der Waals surface area contributed by atoms with Crippen LogP contribution in [-0.2, 0) is 6.54 Å². The number of aromatic nitrogens is 2. The quantitative estimate of drug-likeness (QED) is 0.778. The highest BCUT2D eigenvalue weighted by Crippen LogP contribution is 2.22. The zero-order valence-corrected chi connectivity index (χ0v) is 10.1. The van der Waals surface area contributed by atoms with E-state index in [-0.39, 0.29) is 0 Å². The Morgan fingerprint density at radius 3 is 3.33 bits per heavy atom. The first kappa shape index (κ1) is 11.0. The lowest BCUT2D eigenvalue weighted by molar-refractivity contribution is 0.560. The average molecular weight is 225 g/mol. The van der Waals surface area contributed by atoms with Gasteiger partial charge < -0.3 is 9.88 Å². The SMILES string of the molecule is CSCCCn1cncc1C1CCCN1. The zero-order chi connectivity index (χ0) is 10.5. The predicted molar refractivity (Wildman–Crippen MR) is 65.2 cm³/mol. The fourth-order valence-corrected chi connectivity index (χ4v) is 2.54. The molecule has 0 radical (unpaired) electrons. The van der Waals surface area contributed by atoms with Crippen molar-refractivity contribution in [1.82, 2.24) is 14.9 Å². The summed E-state index contributed by atoms with van der Waals surface area (Å²) in [6, 6.07) is 0.543. The molecule has 15 heavy (non-hydrogen) atoms. The Balaban J connectivity index is 1.95. The van der Waals surface area contributed by atoms with Crippen molar-refractivity contribution in [2.45, 2.75) is 31.8 Å². The van der Waals surface area contributed by atoms with Crippen LogP contribution in [0.1, 0.15) is 31.0 Å². The molecule has 4 heteroatoms. The van der Waals surface area contributed by atoms with Crippen molar-refractivity contribution in [3.05, 3.63) is 18.2 Å². The van der Waals surface area contributed by atoms with Gasteiger partial charge in [-0.15, -0.1) is 0 Å². The van der Waals surface area contributed by atoms with Crippen LogP contribution in [0.25, 0.3) is 0 Å². The molecule has 2 heterocycles. The highest BCUT2D eigenvalue weighted by molar-refractivity contribution is 7.98. The first-order valence-electron chi connectivity index (χ1n) is 5.64. The van der Waals surface area contributed by atoms with Gasteiger partial charge in [0.25, 0.3) is 0 Å². The fourth-order valence-electron chi connectivity index (χ4n) is 2.12. The molecule has 3 nitrogen and oxygen atoms in total. The minimum atomic E-state index is 0.543. The van der Waals surface area contributed by atoms with Crippen LogP contribution < -0.4 is 5.32 Å². The number of rotatable bonds is 5. The molecule has 1 N–H and O–H groups in total. The van der Waals surface area contributed by atoms with E-state index in [2.05, 4.69) is 21.1 Å². The van der Waals surface area contributed by atoms with Crippen LogP contribution >= 0.6 is 11.8 Å². The monoisotopic (exact) mass is 225 g/mol. The summed E-state index contributed by atoms with van der Waals surface area (Å²) in [6.45, 7) is 2.26. The number of nitrogens with one attached hydrogen (secondary N) is 1. The highest BCUT2D eigenvalue weighted by atomic mass is 32.2. The number of nitrogens with zero attached hydrogens (tertiary/aromatic N) is 2. The van der Waals surface area contributed by atoms with Gasteiger partial charge in [0.15, 0.2) is 0 Å². The number of hydrogen-bond donors (Lipinski definition) is 1. The first-order valence-corrected chi connectivity index (χ1v) is 7.03. The van der Waals surface area contributed by atoms with Gasteiger partial charge in [-0.25, -0.2) is 4.98 Å². The number of thioether (sulfide) groups is 1.